The molecule has 0 bridgehead atoms. The van der Waals surface area contributed by atoms with E-state index >= 15 is 0 Å². The number of hydrogen-bond acceptors (Lipinski definition) is 5. The lowest BCUT2D eigenvalue weighted by molar-refractivity contribution is -0.143. The van der Waals surface area contributed by atoms with Gasteiger partial charge in [0.15, 0.2) is 0 Å². The molecule has 0 atom stereocenters. The number of aromatic nitrogens is 2. The normalized spacial score (nSPS) is 10.7. The molecule has 0 aliphatic rings. The summed E-state index contributed by atoms with van der Waals surface area (Å²) in [5, 5.41) is 2.82. The molecule has 3 rings (SSSR count). The van der Waals surface area contributed by atoms with Gasteiger partial charge < -0.3 is 19.2 Å². The summed E-state index contributed by atoms with van der Waals surface area (Å²) in [5.41, 5.74) is 3.20. The zero-order chi connectivity index (χ0) is 20.6. The Labute approximate surface area is 169 Å². The Balaban J connectivity index is 1.58. The number of ether oxygens (including phenoxy) is 2. The minimum Gasteiger partial charge on any atom is -0.486 e. The van der Waals surface area contributed by atoms with E-state index in [1.165, 1.54) is 0 Å². The van der Waals surface area contributed by atoms with Crippen molar-refractivity contribution in [2.24, 2.45) is 0 Å². The molecule has 7 nitrogen and oxygen atoms in total. The average Bonchev–Trinajstić information content (AvgIpc) is 3.14. The SMILES string of the molecule is CCOC(=O)CCCNC(=O)c1ccccc1OCc1cn2cccc(C)c2n1. The number of pyridine rings is 1. The first-order chi connectivity index (χ1) is 14.1. The highest BCUT2D eigenvalue weighted by Gasteiger charge is 2.13. The van der Waals surface area contributed by atoms with Crippen LogP contribution < -0.4 is 10.1 Å². The molecule has 29 heavy (non-hydrogen) atoms. The van der Waals surface area contributed by atoms with Gasteiger partial charge in [0.2, 0.25) is 0 Å². The van der Waals surface area contributed by atoms with Crippen LogP contribution in [0.1, 0.15) is 41.4 Å². The van der Waals surface area contributed by atoms with Crippen molar-refractivity contribution in [3.63, 3.8) is 0 Å². The number of benzene rings is 1. The molecule has 0 aliphatic heterocycles. The van der Waals surface area contributed by atoms with Gasteiger partial charge in [0.25, 0.3) is 5.91 Å². The van der Waals surface area contributed by atoms with E-state index in [-0.39, 0.29) is 24.9 Å². The highest BCUT2D eigenvalue weighted by molar-refractivity contribution is 5.96. The largest absolute Gasteiger partial charge is 0.486 e. The summed E-state index contributed by atoms with van der Waals surface area (Å²) in [4.78, 5) is 28.4. The molecule has 0 saturated carbocycles. The van der Waals surface area contributed by atoms with Crippen molar-refractivity contribution in [3.05, 3.63) is 65.6 Å². The minimum absolute atomic E-state index is 0.240. The third-order valence-electron chi connectivity index (χ3n) is 4.38. The van der Waals surface area contributed by atoms with Gasteiger partial charge in [0.05, 0.1) is 17.9 Å². The van der Waals surface area contributed by atoms with E-state index in [0.29, 0.717) is 30.9 Å². The van der Waals surface area contributed by atoms with Gasteiger partial charge >= 0.3 is 5.97 Å². The summed E-state index contributed by atoms with van der Waals surface area (Å²) >= 11 is 0. The summed E-state index contributed by atoms with van der Waals surface area (Å²) in [6.07, 6.45) is 4.66. The van der Waals surface area contributed by atoms with E-state index in [2.05, 4.69) is 10.3 Å². The zero-order valence-electron chi connectivity index (χ0n) is 16.7. The number of hydrogen-bond donors (Lipinski definition) is 1. The number of amides is 1. The number of rotatable bonds is 9. The quantitative estimate of drug-likeness (QED) is 0.444. The highest BCUT2D eigenvalue weighted by Crippen LogP contribution is 2.20. The number of carbonyl (C=O) groups excluding carboxylic acids is 2. The Hall–Kier alpha value is -3.35. The molecule has 0 radical (unpaired) electrons. The van der Waals surface area contributed by atoms with Crippen molar-refractivity contribution in [2.75, 3.05) is 13.2 Å². The topological polar surface area (TPSA) is 81.9 Å². The maximum atomic E-state index is 12.5. The minimum atomic E-state index is -0.256. The Morgan fingerprint density at radius 3 is 2.79 bits per heavy atom. The van der Waals surface area contributed by atoms with Gasteiger partial charge in [0, 0.05) is 25.4 Å². The van der Waals surface area contributed by atoms with Gasteiger partial charge in [-0.05, 0) is 44.0 Å². The van der Waals surface area contributed by atoms with Crippen LogP contribution in [0.5, 0.6) is 5.75 Å². The maximum Gasteiger partial charge on any atom is 0.305 e. The smallest absolute Gasteiger partial charge is 0.305 e. The number of nitrogens with zero attached hydrogens (tertiary/aromatic N) is 2. The van der Waals surface area contributed by atoms with Crippen molar-refractivity contribution in [1.82, 2.24) is 14.7 Å². The van der Waals surface area contributed by atoms with Gasteiger partial charge in [-0.1, -0.05) is 18.2 Å². The number of esters is 1. The lowest BCUT2D eigenvalue weighted by atomic mass is 10.2. The van der Waals surface area contributed by atoms with Crippen LogP contribution in [-0.2, 0) is 16.1 Å². The van der Waals surface area contributed by atoms with E-state index in [4.69, 9.17) is 9.47 Å². The molecule has 1 aromatic carbocycles. The van der Waals surface area contributed by atoms with Crippen LogP contribution in [-0.4, -0.2) is 34.4 Å². The summed E-state index contributed by atoms with van der Waals surface area (Å²) in [6, 6.07) is 11.1. The third-order valence-corrected chi connectivity index (χ3v) is 4.38. The second-order valence-corrected chi connectivity index (χ2v) is 6.60. The first-order valence-corrected chi connectivity index (χ1v) is 9.67. The molecule has 7 heteroatoms. The van der Waals surface area contributed by atoms with Crippen LogP contribution in [0.15, 0.2) is 48.8 Å². The van der Waals surface area contributed by atoms with E-state index in [1.54, 1.807) is 25.1 Å². The van der Waals surface area contributed by atoms with Crippen molar-refractivity contribution in [1.29, 1.82) is 0 Å². The molecular weight excluding hydrogens is 370 g/mol. The lowest BCUT2D eigenvalue weighted by Gasteiger charge is -2.11. The van der Waals surface area contributed by atoms with E-state index in [1.807, 2.05) is 41.9 Å². The highest BCUT2D eigenvalue weighted by atomic mass is 16.5. The predicted molar refractivity (Wildman–Crippen MR) is 109 cm³/mol. The van der Waals surface area contributed by atoms with E-state index < -0.39 is 0 Å². The first kappa shape index (κ1) is 20.4. The van der Waals surface area contributed by atoms with Crippen molar-refractivity contribution in [2.45, 2.75) is 33.3 Å². The van der Waals surface area contributed by atoms with E-state index in [9.17, 15) is 9.59 Å². The Bertz CT molecular complexity index is 997. The zero-order valence-corrected chi connectivity index (χ0v) is 16.7. The fourth-order valence-corrected chi connectivity index (χ4v) is 2.97. The lowest BCUT2D eigenvalue weighted by Crippen LogP contribution is -2.25. The molecule has 0 aliphatic carbocycles. The third kappa shape index (κ3) is 5.34. The number of nitrogens with one attached hydrogen (secondary N) is 1. The summed E-state index contributed by atoms with van der Waals surface area (Å²) in [5.74, 6) is -0.00681. The number of carbonyl (C=O) groups is 2. The van der Waals surface area contributed by atoms with Gasteiger partial charge in [-0.3, -0.25) is 9.59 Å². The molecule has 2 aromatic heterocycles. The van der Waals surface area contributed by atoms with Crippen LogP contribution in [0.3, 0.4) is 0 Å². The number of aryl methyl sites for hydroxylation is 1. The van der Waals surface area contributed by atoms with Crippen LogP contribution >= 0.6 is 0 Å². The fraction of sp³-hybridized carbons (Fsp3) is 0.318. The molecular formula is C22H25N3O4. The van der Waals surface area contributed by atoms with Crippen LogP contribution in [0.4, 0.5) is 0 Å². The first-order valence-electron chi connectivity index (χ1n) is 9.67. The second-order valence-electron chi connectivity index (χ2n) is 6.60. The van der Waals surface area contributed by atoms with E-state index in [0.717, 1.165) is 16.9 Å². The van der Waals surface area contributed by atoms with Gasteiger partial charge in [0.1, 0.15) is 18.0 Å². The number of para-hydroxylation sites is 1. The number of imidazole rings is 1. The summed E-state index contributed by atoms with van der Waals surface area (Å²) in [6.45, 7) is 4.78. The van der Waals surface area contributed by atoms with Crippen molar-refractivity contribution in [3.8, 4) is 5.75 Å². The van der Waals surface area contributed by atoms with Crippen molar-refractivity contribution < 1.29 is 19.1 Å². The Morgan fingerprint density at radius 2 is 2.00 bits per heavy atom. The Kier molecular flexibility index (Phi) is 6.84. The average molecular weight is 395 g/mol. The molecule has 0 fully saturated rings. The predicted octanol–water partition coefficient (Wildman–Crippen LogP) is 3.29. The van der Waals surface area contributed by atoms with Crippen LogP contribution in [0, 0.1) is 6.92 Å². The van der Waals surface area contributed by atoms with Gasteiger partial charge in [-0.15, -0.1) is 0 Å². The molecule has 0 unspecified atom stereocenters. The van der Waals surface area contributed by atoms with Crippen LogP contribution in [0.2, 0.25) is 0 Å². The fourth-order valence-electron chi connectivity index (χ4n) is 2.97. The standard InChI is InChI=1S/C22H25N3O4/c1-3-28-20(26)11-6-12-23-22(27)18-9-4-5-10-19(18)29-15-17-14-25-13-7-8-16(2)21(25)24-17/h4-5,7-10,13-14H,3,6,11-12,15H2,1-2H3,(H,23,27). The number of fused-ring (bicyclic) bond motifs is 1. The molecule has 152 valence electrons. The maximum absolute atomic E-state index is 12.5. The second kappa shape index (κ2) is 9.73. The van der Waals surface area contributed by atoms with Crippen LogP contribution in [0.25, 0.3) is 5.65 Å². The molecule has 3 aromatic rings. The summed E-state index contributed by atoms with van der Waals surface area (Å²) in [7, 11) is 0. The monoisotopic (exact) mass is 395 g/mol. The summed E-state index contributed by atoms with van der Waals surface area (Å²) < 4.78 is 12.7. The molecule has 1 N–H and O–H groups in total. The molecule has 0 saturated heterocycles. The Morgan fingerprint density at radius 1 is 1.17 bits per heavy atom. The molecule has 2 heterocycles. The van der Waals surface area contributed by atoms with Gasteiger partial charge in [-0.2, -0.15) is 0 Å². The van der Waals surface area contributed by atoms with Crippen molar-refractivity contribution >= 4 is 17.5 Å². The molecule has 1 amide bonds. The molecule has 0 spiro atoms. The van der Waals surface area contributed by atoms with Gasteiger partial charge in [-0.25, -0.2) is 4.98 Å².